The average molecular weight is 408 g/mol. The number of aryl methyl sites for hydroxylation is 2. The number of ether oxygens (including phenoxy) is 1. The number of rotatable bonds is 5. The van der Waals surface area contributed by atoms with Crippen LogP contribution in [0.2, 0.25) is 0 Å². The molecule has 1 aliphatic rings. The molecule has 30 heavy (non-hydrogen) atoms. The molecule has 0 saturated carbocycles. The Kier molecular flexibility index (Phi) is 6.55. The molecule has 0 atom stereocenters. The third-order valence-corrected chi connectivity index (χ3v) is 5.86. The van der Waals surface area contributed by atoms with Crippen molar-refractivity contribution < 1.29 is 19.1 Å². The summed E-state index contributed by atoms with van der Waals surface area (Å²) in [7, 11) is 0. The largest absolute Gasteiger partial charge is 0.455 e. The van der Waals surface area contributed by atoms with E-state index in [1.807, 2.05) is 62.4 Å². The van der Waals surface area contributed by atoms with Gasteiger partial charge in [0.1, 0.15) is 0 Å². The van der Waals surface area contributed by atoms with Crippen LogP contribution < -0.4 is 5.32 Å². The van der Waals surface area contributed by atoms with Gasteiger partial charge in [-0.2, -0.15) is 0 Å². The monoisotopic (exact) mass is 408 g/mol. The summed E-state index contributed by atoms with van der Waals surface area (Å²) in [5.41, 5.74) is 2.64. The van der Waals surface area contributed by atoms with E-state index in [0.29, 0.717) is 25.9 Å². The highest BCUT2D eigenvalue weighted by atomic mass is 16.5. The first kappa shape index (κ1) is 21.6. The normalized spacial score (nSPS) is 15.4. The van der Waals surface area contributed by atoms with Crippen LogP contribution in [0, 0.1) is 13.8 Å². The summed E-state index contributed by atoms with van der Waals surface area (Å²) < 4.78 is 5.49. The van der Waals surface area contributed by atoms with Crippen molar-refractivity contribution in [3.63, 3.8) is 0 Å². The molecule has 2 aromatic rings. The number of amides is 2. The summed E-state index contributed by atoms with van der Waals surface area (Å²) >= 11 is 0. The SMILES string of the molecule is CC(=O)N1CCC(C(=O)OCC(=O)Nc2c(C)cccc2C)(c2ccccc2)CC1. The highest BCUT2D eigenvalue weighted by Crippen LogP contribution is 2.37. The fraction of sp³-hybridized carbons (Fsp3) is 0.375. The Morgan fingerprint density at radius 2 is 1.57 bits per heavy atom. The van der Waals surface area contributed by atoms with Gasteiger partial charge in [0.15, 0.2) is 6.61 Å². The van der Waals surface area contributed by atoms with Crippen molar-refractivity contribution in [2.75, 3.05) is 25.0 Å². The Labute approximate surface area is 177 Å². The van der Waals surface area contributed by atoms with E-state index in [4.69, 9.17) is 4.74 Å². The Hall–Kier alpha value is -3.15. The minimum Gasteiger partial charge on any atom is -0.455 e. The first-order chi connectivity index (χ1) is 14.3. The second kappa shape index (κ2) is 9.11. The zero-order chi connectivity index (χ0) is 21.7. The Balaban J connectivity index is 1.71. The minimum absolute atomic E-state index is 0.00184. The number of likely N-dealkylation sites (tertiary alicyclic amines) is 1. The van der Waals surface area contributed by atoms with E-state index in [1.54, 1.807) is 4.90 Å². The zero-order valence-electron chi connectivity index (χ0n) is 17.7. The van der Waals surface area contributed by atoms with E-state index in [9.17, 15) is 14.4 Å². The van der Waals surface area contributed by atoms with Gasteiger partial charge in [-0.3, -0.25) is 14.4 Å². The lowest BCUT2D eigenvalue weighted by atomic mass is 9.72. The third-order valence-electron chi connectivity index (χ3n) is 5.86. The summed E-state index contributed by atoms with van der Waals surface area (Å²) in [6.45, 7) is 5.98. The van der Waals surface area contributed by atoms with Crippen molar-refractivity contribution in [1.82, 2.24) is 4.90 Å². The lowest BCUT2D eigenvalue weighted by molar-refractivity contribution is -0.156. The van der Waals surface area contributed by atoms with Crippen LogP contribution in [-0.2, 0) is 24.5 Å². The number of para-hydroxylation sites is 1. The lowest BCUT2D eigenvalue weighted by Gasteiger charge is -2.40. The molecular formula is C24H28N2O4. The maximum Gasteiger partial charge on any atom is 0.317 e. The Morgan fingerprint density at radius 3 is 2.13 bits per heavy atom. The Bertz CT molecular complexity index is 911. The molecule has 1 aliphatic heterocycles. The van der Waals surface area contributed by atoms with Gasteiger partial charge in [0, 0.05) is 25.7 Å². The third kappa shape index (κ3) is 4.53. The first-order valence-electron chi connectivity index (χ1n) is 10.2. The standard InChI is InChI=1S/C24H28N2O4/c1-17-8-7-9-18(2)22(17)25-21(28)16-30-23(29)24(20-10-5-4-6-11-20)12-14-26(15-13-24)19(3)27/h4-11H,12-16H2,1-3H3,(H,25,28). The number of esters is 1. The number of carbonyl (C=O) groups excluding carboxylic acids is 3. The van der Waals surface area contributed by atoms with E-state index in [1.165, 1.54) is 6.92 Å². The van der Waals surface area contributed by atoms with Crippen molar-refractivity contribution >= 4 is 23.5 Å². The molecule has 2 amide bonds. The van der Waals surface area contributed by atoms with Crippen LogP contribution >= 0.6 is 0 Å². The molecule has 0 aliphatic carbocycles. The summed E-state index contributed by atoms with van der Waals surface area (Å²) in [6, 6.07) is 15.2. The number of nitrogens with one attached hydrogen (secondary N) is 1. The summed E-state index contributed by atoms with van der Waals surface area (Å²) in [5, 5.41) is 2.84. The van der Waals surface area contributed by atoms with Gasteiger partial charge >= 0.3 is 5.97 Å². The second-order valence-electron chi connectivity index (χ2n) is 7.85. The summed E-state index contributed by atoms with van der Waals surface area (Å²) in [5.74, 6) is -0.795. The van der Waals surface area contributed by atoms with Crippen LogP contribution in [0.25, 0.3) is 0 Å². The van der Waals surface area contributed by atoms with Gasteiger partial charge in [0.05, 0.1) is 5.41 Å². The smallest absolute Gasteiger partial charge is 0.317 e. The van der Waals surface area contributed by atoms with Crippen LogP contribution in [0.4, 0.5) is 5.69 Å². The molecule has 0 spiro atoms. The molecule has 0 bridgehead atoms. The van der Waals surface area contributed by atoms with Gasteiger partial charge in [0.2, 0.25) is 5.91 Å². The quantitative estimate of drug-likeness (QED) is 0.770. The van der Waals surface area contributed by atoms with Crippen LogP contribution in [-0.4, -0.2) is 42.4 Å². The van der Waals surface area contributed by atoms with Gasteiger partial charge in [-0.25, -0.2) is 0 Å². The highest BCUT2D eigenvalue weighted by Gasteiger charge is 2.44. The highest BCUT2D eigenvalue weighted by molar-refractivity contribution is 5.95. The minimum atomic E-state index is -0.855. The molecule has 0 aromatic heterocycles. The van der Waals surface area contributed by atoms with Crippen molar-refractivity contribution in [3.8, 4) is 0 Å². The van der Waals surface area contributed by atoms with E-state index < -0.39 is 11.4 Å². The molecule has 1 N–H and O–H groups in total. The number of piperidine rings is 1. The number of benzene rings is 2. The second-order valence-corrected chi connectivity index (χ2v) is 7.85. The first-order valence-corrected chi connectivity index (χ1v) is 10.2. The van der Waals surface area contributed by atoms with E-state index >= 15 is 0 Å². The predicted molar refractivity (Wildman–Crippen MR) is 115 cm³/mol. The lowest BCUT2D eigenvalue weighted by Crippen LogP contribution is -2.49. The van der Waals surface area contributed by atoms with Gasteiger partial charge in [0.25, 0.3) is 5.91 Å². The Morgan fingerprint density at radius 1 is 0.967 bits per heavy atom. The number of nitrogens with zero attached hydrogens (tertiary/aromatic N) is 1. The van der Waals surface area contributed by atoms with Crippen LogP contribution in [0.3, 0.4) is 0 Å². The number of hydrogen-bond acceptors (Lipinski definition) is 4. The molecule has 0 radical (unpaired) electrons. The number of anilines is 1. The van der Waals surface area contributed by atoms with E-state index in [0.717, 1.165) is 22.4 Å². The number of hydrogen-bond donors (Lipinski definition) is 1. The van der Waals surface area contributed by atoms with E-state index in [2.05, 4.69) is 5.32 Å². The fourth-order valence-electron chi connectivity index (χ4n) is 4.03. The zero-order valence-corrected chi connectivity index (χ0v) is 17.7. The molecular weight excluding hydrogens is 380 g/mol. The van der Waals surface area contributed by atoms with Crippen molar-refractivity contribution in [2.45, 2.75) is 39.0 Å². The van der Waals surface area contributed by atoms with Crippen molar-refractivity contribution in [2.24, 2.45) is 0 Å². The fourth-order valence-corrected chi connectivity index (χ4v) is 4.03. The van der Waals surface area contributed by atoms with Crippen molar-refractivity contribution in [3.05, 3.63) is 65.2 Å². The van der Waals surface area contributed by atoms with Crippen LogP contribution in [0.5, 0.6) is 0 Å². The van der Waals surface area contributed by atoms with Crippen LogP contribution in [0.15, 0.2) is 48.5 Å². The molecule has 1 fully saturated rings. The van der Waals surface area contributed by atoms with Crippen molar-refractivity contribution in [1.29, 1.82) is 0 Å². The van der Waals surface area contributed by atoms with Crippen LogP contribution in [0.1, 0.15) is 36.5 Å². The summed E-state index contributed by atoms with van der Waals surface area (Å²) in [4.78, 5) is 39.1. The molecule has 0 unspecified atom stereocenters. The molecule has 6 nitrogen and oxygen atoms in total. The summed E-state index contributed by atoms with van der Waals surface area (Å²) in [6.07, 6.45) is 0.932. The number of carbonyl (C=O) groups is 3. The molecule has 1 saturated heterocycles. The molecule has 2 aromatic carbocycles. The molecule has 6 heteroatoms. The molecule has 1 heterocycles. The average Bonchev–Trinajstić information content (AvgIpc) is 2.75. The van der Waals surface area contributed by atoms with Gasteiger partial charge in [-0.05, 0) is 43.4 Å². The topological polar surface area (TPSA) is 75.7 Å². The van der Waals surface area contributed by atoms with Gasteiger partial charge < -0.3 is 15.0 Å². The predicted octanol–water partition coefficient (Wildman–Crippen LogP) is 3.37. The molecule has 3 rings (SSSR count). The van der Waals surface area contributed by atoms with E-state index in [-0.39, 0.29) is 18.4 Å². The molecule has 158 valence electrons. The van der Waals surface area contributed by atoms with Gasteiger partial charge in [-0.1, -0.05) is 48.5 Å². The van der Waals surface area contributed by atoms with Gasteiger partial charge in [-0.15, -0.1) is 0 Å². The maximum absolute atomic E-state index is 13.2. The maximum atomic E-state index is 13.2.